The minimum atomic E-state index is -0.215. The molecule has 7 nitrogen and oxygen atoms in total. The van der Waals surface area contributed by atoms with E-state index in [1.54, 1.807) is 4.57 Å². The fourth-order valence-electron chi connectivity index (χ4n) is 2.49. The quantitative estimate of drug-likeness (QED) is 0.678. The molecule has 0 spiro atoms. The third kappa shape index (κ3) is 2.93. The van der Waals surface area contributed by atoms with Gasteiger partial charge in [-0.25, -0.2) is 14.9 Å². The number of hydrogen-bond donors (Lipinski definition) is 2. The molecule has 0 aliphatic rings. The number of H-pyrrole nitrogens is 2. The summed E-state index contributed by atoms with van der Waals surface area (Å²) in [5, 5.41) is 7.70. The molecule has 3 aromatic heterocycles. The summed E-state index contributed by atoms with van der Waals surface area (Å²) in [4.78, 5) is 33.5. The number of nitrogens with one attached hydrogen (secondary N) is 2. The average Bonchev–Trinajstić information content (AvgIpc) is 3.01. The summed E-state index contributed by atoms with van der Waals surface area (Å²) in [6.45, 7) is 8.49. The molecule has 3 rings (SSSR count). The van der Waals surface area contributed by atoms with Crippen LogP contribution in [0.2, 0.25) is 0 Å². The molecule has 3 heterocycles. The van der Waals surface area contributed by atoms with Crippen molar-refractivity contribution in [3.05, 3.63) is 37.1 Å². The minimum Gasteiger partial charge on any atom is -0.309 e. The Morgan fingerprint density at radius 3 is 2.79 bits per heavy atom. The van der Waals surface area contributed by atoms with Gasteiger partial charge in [0.1, 0.15) is 10.7 Å². The Hall–Kier alpha value is -1.87. The van der Waals surface area contributed by atoms with Crippen LogP contribution in [0.1, 0.15) is 41.8 Å². The molecule has 128 valence electrons. The number of aromatic nitrogens is 5. The Labute approximate surface area is 146 Å². The summed E-state index contributed by atoms with van der Waals surface area (Å²) in [6, 6.07) is 0. The standard InChI is InChI=1S/C15H19N5O2S2/c1-5-6-20-14(22)18-19-15(20)24-9(4)11-16-12(21)10-7(2)8(3)23-13(10)17-11/h9H,5-6H2,1-4H3,(H,18,22)(H,16,17,21)/t9-/m0/s1. The zero-order valence-corrected chi connectivity index (χ0v) is 15.6. The Morgan fingerprint density at radius 1 is 1.33 bits per heavy atom. The largest absolute Gasteiger partial charge is 0.343 e. The van der Waals surface area contributed by atoms with Gasteiger partial charge >= 0.3 is 5.69 Å². The lowest BCUT2D eigenvalue weighted by Gasteiger charge is -2.10. The number of thioether (sulfide) groups is 1. The summed E-state index contributed by atoms with van der Waals surface area (Å²) in [6.07, 6.45) is 0.843. The van der Waals surface area contributed by atoms with Gasteiger partial charge in [0, 0.05) is 11.4 Å². The van der Waals surface area contributed by atoms with Crippen molar-refractivity contribution in [2.45, 2.75) is 51.1 Å². The van der Waals surface area contributed by atoms with Crippen LogP contribution >= 0.6 is 23.1 Å². The maximum Gasteiger partial charge on any atom is 0.343 e. The van der Waals surface area contributed by atoms with Crippen molar-refractivity contribution in [2.75, 3.05) is 0 Å². The van der Waals surface area contributed by atoms with Crippen LogP contribution in [-0.2, 0) is 6.54 Å². The molecule has 0 radical (unpaired) electrons. The molecule has 0 aliphatic carbocycles. The minimum absolute atomic E-state index is 0.114. The van der Waals surface area contributed by atoms with Gasteiger partial charge in [-0.2, -0.15) is 0 Å². The van der Waals surface area contributed by atoms with Crippen LogP contribution in [0.3, 0.4) is 0 Å². The van der Waals surface area contributed by atoms with Crippen LogP contribution in [0.4, 0.5) is 0 Å². The van der Waals surface area contributed by atoms with E-state index in [1.807, 2.05) is 27.7 Å². The number of thiophene rings is 1. The molecule has 0 fully saturated rings. The Kier molecular flexibility index (Phi) is 4.64. The molecule has 0 amide bonds. The van der Waals surface area contributed by atoms with Gasteiger partial charge in [-0.15, -0.1) is 16.4 Å². The molecule has 3 aromatic rings. The number of fused-ring (bicyclic) bond motifs is 1. The van der Waals surface area contributed by atoms with Gasteiger partial charge in [0.15, 0.2) is 5.16 Å². The normalized spacial score (nSPS) is 12.8. The number of rotatable bonds is 5. The summed E-state index contributed by atoms with van der Waals surface area (Å²) >= 11 is 2.93. The number of nitrogens with zero attached hydrogens (tertiary/aromatic N) is 3. The molecule has 0 saturated heterocycles. The van der Waals surface area contributed by atoms with Gasteiger partial charge in [0.25, 0.3) is 5.56 Å². The third-order valence-corrected chi connectivity index (χ3v) is 6.10. The molecule has 0 aromatic carbocycles. The van der Waals surface area contributed by atoms with E-state index in [0.717, 1.165) is 21.7 Å². The lowest BCUT2D eigenvalue weighted by atomic mass is 10.2. The zero-order chi connectivity index (χ0) is 17.4. The Balaban J connectivity index is 1.96. The summed E-state index contributed by atoms with van der Waals surface area (Å²) in [7, 11) is 0. The second-order valence-electron chi connectivity index (χ2n) is 5.64. The predicted octanol–water partition coefficient (Wildman–Crippen LogP) is 2.75. The first-order chi connectivity index (χ1) is 11.4. The first-order valence-corrected chi connectivity index (χ1v) is 9.43. The Morgan fingerprint density at radius 2 is 2.08 bits per heavy atom. The number of hydrogen-bond acceptors (Lipinski definition) is 6. The fourth-order valence-corrected chi connectivity index (χ4v) is 4.47. The van der Waals surface area contributed by atoms with Crippen LogP contribution in [-0.4, -0.2) is 24.7 Å². The van der Waals surface area contributed by atoms with E-state index >= 15 is 0 Å². The van der Waals surface area contributed by atoms with Gasteiger partial charge in [-0.05, 0) is 32.8 Å². The number of aromatic amines is 2. The second-order valence-corrected chi connectivity index (χ2v) is 8.15. The van der Waals surface area contributed by atoms with E-state index in [4.69, 9.17) is 0 Å². The fraction of sp³-hybridized carbons (Fsp3) is 0.467. The van der Waals surface area contributed by atoms with E-state index in [0.29, 0.717) is 22.9 Å². The van der Waals surface area contributed by atoms with Crippen molar-refractivity contribution < 1.29 is 0 Å². The molecule has 0 bridgehead atoms. The first-order valence-electron chi connectivity index (χ1n) is 7.74. The van der Waals surface area contributed by atoms with Crippen LogP contribution in [0, 0.1) is 13.8 Å². The lowest BCUT2D eigenvalue weighted by Crippen LogP contribution is -2.17. The second kappa shape index (κ2) is 6.56. The highest BCUT2D eigenvalue weighted by Crippen LogP contribution is 2.33. The van der Waals surface area contributed by atoms with Gasteiger partial charge < -0.3 is 4.98 Å². The van der Waals surface area contributed by atoms with Gasteiger partial charge in [-0.3, -0.25) is 9.36 Å². The molecular weight excluding hydrogens is 346 g/mol. The molecule has 2 N–H and O–H groups in total. The van der Waals surface area contributed by atoms with Crippen molar-refractivity contribution in [2.24, 2.45) is 0 Å². The SMILES string of the molecule is CCCn1c(S[C@@H](C)c2nc3sc(C)c(C)c3c(=O)[nH]2)n[nH]c1=O. The molecule has 0 saturated carbocycles. The van der Waals surface area contributed by atoms with Crippen LogP contribution in [0.25, 0.3) is 10.2 Å². The summed E-state index contributed by atoms with van der Waals surface area (Å²) in [5.41, 5.74) is 0.657. The molecule has 0 aliphatic heterocycles. The van der Waals surface area contributed by atoms with Crippen molar-refractivity contribution in [3.8, 4) is 0 Å². The molecule has 24 heavy (non-hydrogen) atoms. The van der Waals surface area contributed by atoms with E-state index < -0.39 is 0 Å². The van der Waals surface area contributed by atoms with Crippen LogP contribution in [0.15, 0.2) is 14.7 Å². The van der Waals surface area contributed by atoms with Gasteiger partial charge in [0.2, 0.25) is 0 Å². The highest BCUT2D eigenvalue weighted by Gasteiger charge is 2.18. The van der Waals surface area contributed by atoms with Crippen molar-refractivity contribution in [3.63, 3.8) is 0 Å². The van der Waals surface area contributed by atoms with Crippen molar-refractivity contribution in [1.29, 1.82) is 0 Å². The lowest BCUT2D eigenvalue weighted by molar-refractivity contribution is 0.602. The molecule has 9 heteroatoms. The Bertz CT molecular complexity index is 998. The van der Waals surface area contributed by atoms with Gasteiger partial charge in [-0.1, -0.05) is 18.7 Å². The molecule has 0 unspecified atom stereocenters. The summed E-state index contributed by atoms with van der Waals surface area (Å²) in [5.74, 6) is 0.595. The third-order valence-electron chi connectivity index (χ3n) is 3.90. The molecular formula is C15H19N5O2S2. The van der Waals surface area contributed by atoms with Gasteiger partial charge in [0.05, 0.1) is 10.6 Å². The first kappa shape index (κ1) is 17.0. The predicted molar refractivity (Wildman–Crippen MR) is 97.1 cm³/mol. The zero-order valence-electron chi connectivity index (χ0n) is 14.0. The van der Waals surface area contributed by atoms with Crippen molar-refractivity contribution in [1.82, 2.24) is 24.7 Å². The maximum absolute atomic E-state index is 12.4. The van der Waals surface area contributed by atoms with E-state index in [1.165, 1.54) is 23.1 Å². The molecule has 1 atom stereocenters. The average molecular weight is 365 g/mol. The smallest absolute Gasteiger partial charge is 0.309 e. The highest BCUT2D eigenvalue weighted by molar-refractivity contribution is 7.99. The maximum atomic E-state index is 12.4. The highest BCUT2D eigenvalue weighted by atomic mass is 32.2. The van der Waals surface area contributed by atoms with Crippen LogP contribution in [0.5, 0.6) is 0 Å². The monoisotopic (exact) mass is 365 g/mol. The van der Waals surface area contributed by atoms with E-state index in [9.17, 15) is 9.59 Å². The van der Waals surface area contributed by atoms with Crippen molar-refractivity contribution >= 4 is 33.3 Å². The van der Waals surface area contributed by atoms with E-state index in [2.05, 4.69) is 20.2 Å². The number of aryl methyl sites for hydroxylation is 2. The summed E-state index contributed by atoms with van der Waals surface area (Å²) < 4.78 is 1.61. The van der Waals surface area contributed by atoms with Crippen LogP contribution < -0.4 is 11.2 Å². The van der Waals surface area contributed by atoms with E-state index in [-0.39, 0.29) is 16.5 Å². The topological polar surface area (TPSA) is 96.4 Å².